The summed E-state index contributed by atoms with van der Waals surface area (Å²) < 4.78 is 27.4. The molecule has 0 amide bonds. The molecular weight excluding hydrogens is 314 g/mol. The van der Waals surface area contributed by atoms with Crippen LogP contribution < -0.4 is 4.72 Å². The van der Waals surface area contributed by atoms with Crippen molar-refractivity contribution >= 4 is 27.0 Å². The van der Waals surface area contributed by atoms with Crippen LogP contribution in [0.25, 0.3) is 0 Å². The molecule has 0 aliphatic carbocycles. The third-order valence-electron chi connectivity index (χ3n) is 3.19. The molecule has 0 aliphatic rings. The van der Waals surface area contributed by atoms with E-state index in [4.69, 9.17) is 0 Å². The van der Waals surface area contributed by atoms with Crippen LogP contribution in [0.4, 0.5) is 5.69 Å². The Kier molecular flexibility index (Phi) is 4.27. The zero-order valence-electron chi connectivity index (χ0n) is 11.8. The molecule has 1 aromatic heterocycles. The van der Waals surface area contributed by atoms with Crippen LogP contribution in [0.3, 0.4) is 0 Å². The zero-order valence-corrected chi connectivity index (χ0v) is 13.4. The molecule has 0 unspecified atom stereocenters. The fourth-order valence-corrected chi connectivity index (χ4v) is 4.24. The van der Waals surface area contributed by atoms with Crippen LogP contribution in [0.1, 0.15) is 11.1 Å². The Hall–Kier alpha value is -2.11. The van der Waals surface area contributed by atoms with E-state index >= 15 is 0 Å². The Balaban J connectivity index is 1.80. The van der Waals surface area contributed by atoms with Crippen molar-refractivity contribution in [2.45, 2.75) is 10.6 Å². The van der Waals surface area contributed by atoms with Gasteiger partial charge in [0.05, 0.1) is 0 Å². The van der Waals surface area contributed by atoms with Crippen molar-refractivity contribution in [3.05, 3.63) is 83.2 Å². The summed E-state index contributed by atoms with van der Waals surface area (Å²) in [5.41, 5.74) is 2.85. The molecule has 1 heterocycles. The zero-order chi connectivity index (χ0) is 15.4. The smallest absolute Gasteiger partial charge is 0.271 e. The van der Waals surface area contributed by atoms with Gasteiger partial charge in [0.1, 0.15) is 4.21 Å². The molecule has 0 aliphatic heterocycles. The largest absolute Gasteiger partial charge is 0.279 e. The fourth-order valence-electron chi connectivity index (χ4n) is 2.20. The molecule has 112 valence electrons. The highest BCUT2D eigenvalue weighted by Gasteiger charge is 2.15. The third kappa shape index (κ3) is 3.55. The fraction of sp³-hybridized carbons (Fsp3) is 0.0588. The normalized spacial score (nSPS) is 11.3. The Morgan fingerprint density at radius 2 is 1.64 bits per heavy atom. The van der Waals surface area contributed by atoms with Crippen molar-refractivity contribution in [1.29, 1.82) is 0 Å². The van der Waals surface area contributed by atoms with E-state index in [-0.39, 0.29) is 0 Å². The number of rotatable bonds is 5. The number of thiophene rings is 1. The van der Waals surface area contributed by atoms with E-state index in [1.165, 1.54) is 16.9 Å². The molecule has 0 radical (unpaired) electrons. The Labute approximate surface area is 134 Å². The first-order valence-corrected chi connectivity index (χ1v) is 9.19. The molecule has 3 nitrogen and oxygen atoms in total. The van der Waals surface area contributed by atoms with E-state index in [1.54, 1.807) is 23.6 Å². The minimum absolute atomic E-state index is 0.320. The molecule has 2 aromatic carbocycles. The second-order valence-corrected chi connectivity index (χ2v) is 7.76. The Morgan fingerprint density at radius 1 is 0.864 bits per heavy atom. The quantitative estimate of drug-likeness (QED) is 0.764. The summed E-state index contributed by atoms with van der Waals surface area (Å²) in [6, 6.07) is 20.9. The van der Waals surface area contributed by atoms with E-state index in [9.17, 15) is 8.42 Å². The molecule has 5 heteroatoms. The van der Waals surface area contributed by atoms with Crippen LogP contribution in [0.2, 0.25) is 0 Å². The SMILES string of the molecule is O=S(=O)(Nc1cccc(Cc2ccccc2)c1)c1cccs1. The van der Waals surface area contributed by atoms with Crippen LogP contribution in [0, 0.1) is 0 Å². The van der Waals surface area contributed by atoms with Gasteiger partial charge >= 0.3 is 0 Å². The number of benzene rings is 2. The summed E-state index contributed by atoms with van der Waals surface area (Å²) in [6.07, 6.45) is 0.773. The summed E-state index contributed by atoms with van der Waals surface area (Å²) in [6.45, 7) is 0. The summed E-state index contributed by atoms with van der Waals surface area (Å²) in [7, 11) is -3.49. The van der Waals surface area contributed by atoms with E-state index in [2.05, 4.69) is 16.9 Å². The van der Waals surface area contributed by atoms with Gasteiger partial charge in [-0.1, -0.05) is 48.5 Å². The molecule has 0 saturated carbocycles. The molecule has 22 heavy (non-hydrogen) atoms. The first-order chi connectivity index (χ1) is 10.6. The third-order valence-corrected chi connectivity index (χ3v) is 5.97. The monoisotopic (exact) mass is 329 g/mol. The number of anilines is 1. The first-order valence-electron chi connectivity index (χ1n) is 6.83. The highest BCUT2D eigenvalue weighted by Crippen LogP contribution is 2.21. The maximum absolute atomic E-state index is 12.2. The van der Waals surface area contributed by atoms with Crippen LogP contribution in [0.15, 0.2) is 76.3 Å². The average molecular weight is 329 g/mol. The van der Waals surface area contributed by atoms with Gasteiger partial charge in [-0.25, -0.2) is 8.42 Å². The second kappa shape index (κ2) is 6.34. The highest BCUT2D eigenvalue weighted by molar-refractivity contribution is 7.94. The van der Waals surface area contributed by atoms with E-state index < -0.39 is 10.0 Å². The molecule has 0 atom stereocenters. The van der Waals surface area contributed by atoms with Crippen molar-refractivity contribution in [1.82, 2.24) is 0 Å². The lowest BCUT2D eigenvalue weighted by Gasteiger charge is -2.08. The van der Waals surface area contributed by atoms with Gasteiger partial charge in [0.2, 0.25) is 0 Å². The molecule has 3 rings (SSSR count). The van der Waals surface area contributed by atoms with Gasteiger partial charge in [-0.3, -0.25) is 4.72 Å². The van der Waals surface area contributed by atoms with Gasteiger partial charge in [0, 0.05) is 5.69 Å². The van der Waals surface area contributed by atoms with E-state index in [1.807, 2.05) is 36.4 Å². The van der Waals surface area contributed by atoms with E-state index in [0.29, 0.717) is 9.90 Å². The van der Waals surface area contributed by atoms with Gasteiger partial charge in [0.15, 0.2) is 0 Å². The lowest BCUT2D eigenvalue weighted by molar-refractivity contribution is 0.603. The summed E-state index contributed by atoms with van der Waals surface area (Å²) in [4.78, 5) is 0. The molecule has 0 saturated heterocycles. The highest BCUT2D eigenvalue weighted by atomic mass is 32.2. The van der Waals surface area contributed by atoms with Gasteiger partial charge < -0.3 is 0 Å². The molecule has 0 spiro atoms. The lowest BCUT2D eigenvalue weighted by Crippen LogP contribution is -2.11. The van der Waals surface area contributed by atoms with Crippen molar-refractivity contribution in [2.75, 3.05) is 4.72 Å². The standard InChI is InChI=1S/C17H15NO2S2/c19-22(20,17-10-5-11-21-17)18-16-9-4-8-15(13-16)12-14-6-2-1-3-7-14/h1-11,13,18H,12H2. The van der Waals surface area contributed by atoms with Crippen LogP contribution in [-0.2, 0) is 16.4 Å². The average Bonchev–Trinajstić information content (AvgIpc) is 3.03. The Bertz CT molecular complexity index is 841. The summed E-state index contributed by atoms with van der Waals surface area (Å²) >= 11 is 1.21. The first kappa shape index (κ1) is 14.8. The molecular formula is C17H15NO2S2. The number of hydrogen-bond donors (Lipinski definition) is 1. The minimum Gasteiger partial charge on any atom is -0.279 e. The number of nitrogens with one attached hydrogen (secondary N) is 1. The van der Waals surface area contributed by atoms with Gasteiger partial charge in [-0.15, -0.1) is 11.3 Å². The van der Waals surface area contributed by atoms with Crippen LogP contribution >= 0.6 is 11.3 Å². The molecule has 1 N–H and O–H groups in total. The van der Waals surface area contributed by atoms with Crippen molar-refractivity contribution in [2.24, 2.45) is 0 Å². The van der Waals surface area contributed by atoms with Gasteiger partial charge in [0.25, 0.3) is 10.0 Å². The molecule has 0 bridgehead atoms. The summed E-state index contributed by atoms with van der Waals surface area (Å²) in [5.74, 6) is 0. The lowest BCUT2D eigenvalue weighted by atomic mass is 10.0. The number of hydrogen-bond acceptors (Lipinski definition) is 3. The number of sulfonamides is 1. The Morgan fingerprint density at radius 3 is 2.36 bits per heavy atom. The van der Waals surface area contributed by atoms with E-state index in [0.717, 1.165) is 12.0 Å². The maximum atomic E-state index is 12.2. The van der Waals surface area contributed by atoms with Crippen molar-refractivity contribution < 1.29 is 8.42 Å². The molecule has 0 fully saturated rings. The predicted octanol–water partition coefficient (Wildman–Crippen LogP) is 4.14. The predicted molar refractivity (Wildman–Crippen MR) is 90.8 cm³/mol. The second-order valence-electron chi connectivity index (χ2n) is 4.90. The summed E-state index contributed by atoms with van der Waals surface area (Å²) in [5, 5.41) is 1.75. The topological polar surface area (TPSA) is 46.2 Å². The van der Waals surface area contributed by atoms with Crippen molar-refractivity contribution in [3.63, 3.8) is 0 Å². The van der Waals surface area contributed by atoms with Gasteiger partial charge in [-0.05, 0) is 41.1 Å². The van der Waals surface area contributed by atoms with Crippen molar-refractivity contribution in [3.8, 4) is 0 Å². The van der Waals surface area contributed by atoms with Gasteiger partial charge in [-0.2, -0.15) is 0 Å². The maximum Gasteiger partial charge on any atom is 0.271 e. The van der Waals surface area contributed by atoms with Crippen LogP contribution in [-0.4, -0.2) is 8.42 Å². The minimum atomic E-state index is -3.49. The molecule has 3 aromatic rings. The van der Waals surface area contributed by atoms with Crippen LogP contribution in [0.5, 0.6) is 0 Å².